The third kappa shape index (κ3) is 3.04. The van der Waals surface area contributed by atoms with Crippen molar-refractivity contribution in [1.29, 1.82) is 0 Å². The van der Waals surface area contributed by atoms with E-state index in [4.69, 9.17) is 5.73 Å². The van der Waals surface area contributed by atoms with Crippen LogP contribution in [0.4, 0.5) is 0 Å². The van der Waals surface area contributed by atoms with E-state index in [1.165, 1.54) is 11.1 Å². The van der Waals surface area contributed by atoms with Crippen molar-refractivity contribution in [2.24, 2.45) is 5.73 Å². The molecule has 0 fully saturated rings. The monoisotopic (exact) mass is 322 g/mol. The molecule has 1 heterocycles. The maximum absolute atomic E-state index is 6.06. The van der Waals surface area contributed by atoms with Gasteiger partial charge < -0.3 is 5.73 Å². The normalized spacial score (nSPS) is 12.7. The average Bonchev–Trinajstić information content (AvgIpc) is 2.85. The molecule has 0 aliphatic carbocycles. The Morgan fingerprint density at radius 3 is 2.53 bits per heavy atom. The first-order valence-electron chi connectivity index (χ1n) is 6.48. The molecule has 1 aromatic heterocycles. The average molecular weight is 323 g/mol. The van der Waals surface area contributed by atoms with Crippen molar-refractivity contribution in [3.8, 4) is 5.69 Å². The summed E-state index contributed by atoms with van der Waals surface area (Å²) in [6, 6.07) is 4.14. The molecule has 1 atom stereocenters. The van der Waals surface area contributed by atoms with E-state index < -0.39 is 0 Å². The van der Waals surface area contributed by atoms with E-state index in [9.17, 15) is 0 Å². The second-order valence-corrected chi connectivity index (χ2v) is 5.67. The van der Waals surface area contributed by atoms with Crippen LogP contribution in [0.5, 0.6) is 0 Å². The van der Waals surface area contributed by atoms with Crippen LogP contribution in [0.3, 0.4) is 0 Å². The summed E-state index contributed by atoms with van der Waals surface area (Å²) in [4.78, 5) is 0. The van der Waals surface area contributed by atoms with Crippen LogP contribution in [-0.2, 0) is 0 Å². The molecule has 0 amide bonds. The van der Waals surface area contributed by atoms with Crippen LogP contribution < -0.4 is 5.73 Å². The number of hydrogen-bond acceptors (Lipinski definition) is 3. The van der Waals surface area contributed by atoms with E-state index in [1.54, 1.807) is 4.68 Å². The zero-order chi connectivity index (χ0) is 14.0. The fraction of sp³-hybridized carbons (Fsp3) is 0.429. The third-order valence-electron chi connectivity index (χ3n) is 3.18. The molecule has 0 saturated heterocycles. The van der Waals surface area contributed by atoms with Crippen molar-refractivity contribution in [2.75, 3.05) is 0 Å². The van der Waals surface area contributed by atoms with Crippen LogP contribution in [0, 0.1) is 13.8 Å². The van der Waals surface area contributed by atoms with Gasteiger partial charge >= 0.3 is 0 Å². The lowest BCUT2D eigenvalue weighted by Crippen LogP contribution is -2.10. The number of nitrogens with two attached hydrogens (primary N) is 1. The van der Waals surface area contributed by atoms with Crippen molar-refractivity contribution < 1.29 is 0 Å². The van der Waals surface area contributed by atoms with Crippen molar-refractivity contribution in [2.45, 2.75) is 39.7 Å². The van der Waals surface area contributed by atoms with Crippen LogP contribution in [0.2, 0.25) is 0 Å². The minimum absolute atomic E-state index is 0.0311. The number of hydrogen-bond donors (Lipinski definition) is 1. The number of aromatic nitrogens is 3. The zero-order valence-corrected chi connectivity index (χ0v) is 13.1. The summed E-state index contributed by atoms with van der Waals surface area (Å²) in [5, 5.41) is 8.34. The predicted octanol–water partition coefficient (Wildman–Crippen LogP) is 3.45. The summed E-state index contributed by atoms with van der Waals surface area (Å²) in [6.45, 7) is 6.26. The lowest BCUT2D eigenvalue weighted by molar-refractivity contribution is 0.619. The molecule has 4 nitrogen and oxygen atoms in total. The lowest BCUT2D eigenvalue weighted by Gasteiger charge is -2.07. The Morgan fingerprint density at radius 1 is 1.32 bits per heavy atom. The molecule has 2 N–H and O–H groups in total. The maximum Gasteiger partial charge on any atom is 0.0998 e. The minimum Gasteiger partial charge on any atom is -0.323 e. The Balaban J connectivity index is 2.33. The molecule has 0 bridgehead atoms. The molecule has 0 radical (unpaired) electrons. The van der Waals surface area contributed by atoms with Crippen LogP contribution in [0.1, 0.15) is 42.6 Å². The summed E-state index contributed by atoms with van der Waals surface area (Å²) in [5.41, 5.74) is 10.3. The fourth-order valence-corrected chi connectivity index (χ4v) is 2.32. The van der Waals surface area contributed by atoms with Gasteiger partial charge in [-0.1, -0.05) is 34.5 Å². The summed E-state index contributed by atoms with van der Waals surface area (Å²) < 4.78 is 2.93. The molecule has 0 aliphatic rings. The molecular formula is C14H19BrN4. The first-order chi connectivity index (χ1) is 9.02. The Kier molecular flexibility index (Phi) is 4.37. The SMILES string of the molecule is CCCC(N)c1cn(-c2cc(C)c(Br)c(C)c2)nn1. The van der Waals surface area contributed by atoms with Gasteiger partial charge in [0.2, 0.25) is 0 Å². The van der Waals surface area contributed by atoms with Gasteiger partial charge in [0.1, 0.15) is 0 Å². The summed E-state index contributed by atoms with van der Waals surface area (Å²) in [7, 11) is 0. The number of rotatable bonds is 4. The predicted molar refractivity (Wildman–Crippen MR) is 80.4 cm³/mol. The van der Waals surface area contributed by atoms with Crippen molar-refractivity contribution in [3.05, 3.63) is 39.6 Å². The van der Waals surface area contributed by atoms with E-state index in [0.717, 1.165) is 28.7 Å². The summed E-state index contributed by atoms with van der Waals surface area (Å²) >= 11 is 3.57. The molecule has 0 saturated carbocycles. The highest BCUT2D eigenvalue weighted by molar-refractivity contribution is 9.10. The second-order valence-electron chi connectivity index (χ2n) is 4.88. The van der Waals surface area contributed by atoms with Gasteiger partial charge in [0.15, 0.2) is 0 Å². The van der Waals surface area contributed by atoms with E-state index in [2.05, 4.69) is 59.1 Å². The summed E-state index contributed by atoms with van der Waals surface area (Å²) in [6.07, 6.45) is 3.89. The maximum atomic E-state index is 6.06. The molecule has 5 heteroatoms. The Labute approximate surface area is 122 Å². The standard InChI is InChI=1S/C14H19BrN4/c1-4-5-12(16)13-8-19(18-17-13)11-6-9(2)14(15)10(3)7-11/h6-8,12H,4-5,16H2,1-3H3. The van der Waals surface area contributed by atoms with Crippen molar-refractivity contribution in [1.82, 2.24) is 15.0 Å². The molecule has 19 heavy (non-hydrogen) atoms. The number of nitrogens with zero attached hydrogens (tertiary/aromatic N) is 3. The van der Waals surface area contributed by atoms with Gasteiger partial charge in [-0.2, -0.15) is 0 Å². The third-order valence-corrected chi connectivity index (χ3v) is 4.43. The Hall–Kier alpha value is -1.20. The van der Waals surface area contributed by atoms with Gasteiger partial charge in [-0.25, -0.2) is 4.68 Å². The number of halogens is 1. The van der Waals surface area contributed by atoms with Crippen molar-refractivity contribution in [3.63, 3.8) is 0 Å². The highest BCUT2D eigenvalue weighted by Gasteiger charge is 2.11. The van der Waals surface area contributed by atoms with Gasteiger partial charge in [0, 0.05) is 4.47 Å². The topological polar surface area (TPSA) is 56.7 Å². The van der Waals surface area contributed by atoms with Gasteiger partial charge in [0.25, 0.3) is 0 Å². The highest BCUT2D eigenvalue weighted by atomic mass is 79.9. The van der Waals surface area contributed by atoms with Crippen LogP contribution in [0.15, 0.2) is 22.8 Å². The van der Waals surface area contributed by atoms with Gasteiger partial charge in [-0.3, -0.25) is 0 Å². The largest absolute Gasteiger partial charge is 0.323 e. The van der Waals surface area contributed by atoms with E-state index in [1.807, 2.05) is 6.20 Å². The quantitative estimate of drug-likeness (QED) is 0.937. The first-order valence-corrected chi connectivity index (χ1v) is 7.27. The highest BCUT2D eigenvalue weighted by Crippen LogP contribution is 2.24. The van der Waals surface area contributed by atoms with Crippen LogP contribution in [-0.4, -0.2) is 15.0 Å². The molecule has 2 aromatic rings. The number of aryl methyl sites for hydroxylation is 2. The lowest BCUT2D eigenvalue weighted by atomic mass is 10.1. The molecule has 102 valence electrons. The molecule has 2 rings (SSSR count). The Morgan fingerprint density at radius 2 is 1.95 bits per heavy atom. The second kappa shape index (κ2) is 5.84. The molecule has 1 aromatic carbocycles. The van der Waals surface area contributed by atoms with Crippen LogP contribution >= 0.6 is 15.9 Å². The van der Waals surface area contributed by atoms with E-state index in [0.29, 0.717) is 0 Å². The van der Waals surface area contributed by atoms with E-state index in [-0.39, 0.29) is 6.04 Å². The summed E-state index contributed by atoms with van der Waals surface area (Å²) in [5.74, 6) is 0. The molecule has 0 aliphatic heterocycles. The smallest absolute Gasteiger partial charge is 0.0998 e. The molecule has 1 unspecified atom stereocenters. The number of benzene rings is 1. The zero-order valence-electron chi connectivity index (χ0n) is 11.5. The molecule has 0 spiro atoms. The van der Waals surface area contributed by atoms with Gasteiger partial charge in [-0.15, -0.1) is 5.10 Å². The molecular weight excluding hydrogens is 304 g/mol. The Bertz CT molecular complexity index is 554. The van der Waals surface area contributed by atoms with Crippen LogP contribution in [0.25, 0.3) is 5.69 Å². The first kappa shape index (κ1) is 14.2. The minimum atomic E-state index is -0.0311. The van der Waals surface area contributed by atoms with E-state index >= 15 is 0 Å². The van der Waals surface area contributed by atoms with Crippen molar-refractivity contribution >= 4 is 15.9 Å². The fourth-order valence-electron chi connectivity index (χ4n) is 2.09. The van der Waals surface area contributed by atoms with Gasteiger partial charge in [-0.05, 0) is 43.5 Å². The van der Waals surface area contributed by atoms with Gasteiger partial charge in [0.05, 0.1) is 23.6 Å².